The van der Waals surface area contributed by atoms with E-state index < -0.39 is 29.1 Å². The van der Waals surface area contributed by atoms with Crippen LogP contribution in [0.2, 0.25) is 0 Å². The molecule has 8 nitrogen and oxygen atoms in total. The predicted molar refractivity (Wildman–Crippen MR) is 80.5 cm³/mol. The van der Waals surface area contributed by atoms with Crippen LogP contribution in [0, 0.1) is 0 Å². The summed E-state index contributed by atoms with van der Waals surface area (Å²) in [5, 5.41) is 11.4. The number of carbonyl (C=O) groups excluding carboxylic acids is 1. The molecule has 0 aromatic carbocycles. The third-order valence-electron chi connectivity index (χ3n) is 3.05. The van der Waals surface area contributed by atoms with Crippen LogP contribution in [-0.2, 0) is 14.9 Å². The largest absolute Gasteiger partial charge is 0.480 e. The number of nitrogens with one attached hydrogen (secondary N) is 1. The van der Waals surface area contributed by atoms with Gasteiger partial charge in [0.05, 0.1) is 0 Å². The van der Waals surface area contributed by atoms with Crippen molar-refractivity contribution in [3.05, 3.63) is 18.0 Å². The van der Waals surface area contributed by atoms with E-state index in [1.54, 1.807) is 34.6 Å². The Bertz CT molecular complexity index is 549. The van der Waals surface area contributed by atoms with Crippen molar-refractivity contribution in [3.8, 4) is 0 Å². The minimum absolute atomic E-state index is 0.0673. The first-order valence-electron chi connectivity index (χ1n) is 6.74. The average Bonchev–Trinajstić information content (AvgIpc) is 2.35. The number of carboxylic acids is 1. The fraction of sp³-hybridized carbons (Fsp3) is 0.571. The van der Waals surface area contributed by atoms with Gasteiger partial charge in [-0.2, -0.15) is 0 Å². The molecule has 1 rings (SSSR count). The first-order valence-corrected chi connectivity index (χ1v) is 6.74. The van der Waals surface area contributed by atoms with Crippen molar-refractivity contribution < 1.29 is 19.4 Å². The Morgan fingerprint density at radius 2 is 1.73 bits per heavy atom. The molecule has 0 radical (unpaired) electrons. The van der Waals surface area contributed by atoms with E-state index in [0.29, 0.717) is 5.56 Å². The van der Waals surface area contributed by atoms with Crippen LogP contribution < -0.4 is 11.1 Å². The molecule has 1 aromatic rings. The minimum atomic E-state index is -1.11. The maximum absolute atomic E-state index is 11.6. The predicted octanol–water partition coefficient (Wildman–Crippen LogP) is 1.51. The third kappa shape index (κ3) is 4.66. The molecule has 0 aliphatic rings. The summed E-state index contributed by atoms with van der Waals surface area (Å²) in [6.45, 7) is 8.60. The van der Waals surface area contributed by atoms with Gasteiger partial charge in [-0.3, -0.25) is 10.1 Å². The number of carbonyl (C=O) groups is 2. The standard InChI is InChI=1S/C14H22N4O4/c1-13(2,3)22-12(21)18-11-16-6-8(7-17-11)14(4,5)9(15)10(19)20/h6-7,9H,15H2,1-5H3,(H,19,20)(H,16,17,18,21). The minimum Gasteiger partial charge on any atom is -0.480 e. The summed E-state index contributed by atoms with van der Waals surface area (Å²) in [6.07, 6.45) is 2.20. The maximum Gasteiger partial charge on any atom is 0.414 e. The summed E-state index contributed by atoms with van der Waals surface area (Å²) in [5.74, 6) is -1.04. The molecular weight excluding hydrogens is 288 g/mol. The van der Waals surface area contributed by atoms with E-state index in [-0.39, 0.29) is 5.95 Å². The number of rotatable bonds is 4. The number of hydrogen-bond donors (Lipinski definition) is 3. The molecule has 1 atom stereocenters. The molecule has 1 heterocycles. The summed E-state index contributed by atoms with van der Waals surface area (Å²) in [5.41, 5.74) is 4.75. The molecule has 0 aliphatic heterocycles. The van der Waals surface area contributed by atoms with Crippen molar-refractivity contribution >= 4 is 18.0 Å². The fourth-order valence-electron chi connectivity index (χ4n) is 1.61. The molecule has 22 heavy (non-hydrogen) atoms. The SMILES string of the molecule is CC(C)(C)OC(=O)Nc1ncc(C(C)(C)C(N)C(=O)O)cn1. The van der Waals surface area contributed by atoms with Crippen LogP contribution in [0.5, 0.6) is 0 Å². The molecule has 1 aromatic heterocycles. The summed E-state index contributed by atoms with van der Waals surface area (Å²) < 4.78 is 5.08. The summed E-state index contributed by atoms with van der Waals surface area (Å²) in [6, 6.07) is -1.10. The zero-order valence-electron chi connectivity index (χ0n) is 13.4. The fourth-order valence-corrected chi connectivity index (χ4v) is 1.61. The number of anilines is 1. The van der Waals surface area contributed by atoms with Gasteiger partial charge in [-0.05, 0) is 26.3 Å². The van der Waals surface area contributed by atoms with Crippen LogP contribution in [0.25, 0.3) is 0 Å². The van der Waals surface area contributed by atoms with E-state index in [4.69, 9.17) is 15.6 Å². The second-order valence-electron chi connectivity index (χ2n) is 6.46. The third-order valence-corrected chi connectivity index (χ3v) is 3.05. The van der Waals surface area contributed by atoms with E-state index in [1.165, 1.54) is 12.4 Å². The maximum atomic E-state index is 11.6. The Kier molecular flexibility index (Phi) is 5.08. The summed E-state index contributed by atoms with van der Waals surface area (Å²) in [4.78, 5) is 30.6. The first-order chi connectivity index (χ1) is 9.93. The molecule has 4 N–H and O–H groups in total. The molecule has 1 unspecified atom stereocenters. The van der Waals surface area contributed by atoms with Gasteiger partial charge in [0.2, 0.25) is 5.95 Å². The van der Waals surface area contributed by atoms with Crippen LogP contribution in [0.4, 0.5) is 10.7 Å². The van der Waals surface area contributed by atoms with Crippen molar-refractivity contribution in [3.63, 3.8) is 0 Å². The van der Waals surface area contributed by atoms with Crippen LogP contribution in [0.15, 0.2) is 12.4 Å². The molecule has 122 valence electrons. The molecular formula is C14H22N4O4. The number of nitrogens with zero attached hydrogens (tertiary/aromatic N) is 2. The van der Waals surface area contributed by atoms with Gasteiger partial charge in [-0.1, -0.05) is 13.8 Å². The van der Waals surface area contributed by atoms with Gasteiger partial charge in [0.15, 0.2) is 0 Å². The van der Waals surface area contributed by atoms with Crippen LogP contribution in [0.1, 0.15) is 40.2 Å². The Morgan fingerprint density at radius 1 is 1.23 bits per heavy atom. The second kappa shape index (κ2) is 6.27. The normalized spacial score (nSPS) is 13.4. The molecule has 0 bridgehead atoms. The lowest BCUT2D eigenvalue weighted by molar-refractivity contribution is -0.140. The number of aliphatic carboxylic acids is 1. The monoisotopic (exact) mass is 310 g/mol. The first kappa shape index (κ1) is 17.8. The van der Waals surface area contributed by atoms with Crippen LogP contribution >= 0.6 is 0 Å². The number of carboxylic acid groups (broad SMARTS) is 1. The lowest BCUT2D eigenvalue weighted by Crippen LogP contribution is -2.46. The molecule has 0 saturated heterocycles. The Balaban J connectivity index is 2.83. The van der Waals surface area contributed by atoms with Gasteiger partial charge in [-0.25, -0.2) is 14.8 Å². The Morgan fingerprint density at radius 3 is 2.14 bits per heavy atom. The highest BCUT2D eigenvalue weighted by molar-refractivity contribution is 5.82. The lowest BCUT2D eigenvalue weighted by atomic mass is 9.79. The van der Waals surface area contributed by atoms with E-state index in [0.717, 1.165) is 0 Å². The molecule has 0 fully saturated rings. The van der Waals surface area contributed by atoms with Gasteiger partial charge in [-0.15, -0.1) is 0 Å². The average molecular weight is 310 g/mol. The highest BCUT2D eigenvalue weighted by Gasteiger charge is 2.34. The van der Waals surface area contributed by atoms with Gasteiger partial charge in [0.25, 0.3) is 0 Å². The number of aromatic nitrogens is 2. The molecule has 0 saturated carbocycles. The number of amides is 1. The lowest BCUT2D eigenvalue weighted by Gasteiger charge is -2.28. The van der Waals surface area contributed by atoms with Crippen molar-refractivity contribution in [2.45, 2.75) is 51.7 Å². The number of ether oxygens (including phenoxy) is 1. The topological polar surface area (TPSA) is 127 Å². The smallest absolute Gasteiger partial charge is 0.414 e. The Labute approximate surface area is 129 Å². The van der Waals surface area contributed by atoms with Gasteiger partial charge >= 0.3 is 12.1 Å². The van der Waals surface area contributed by atoms with Gasteiger partial charge in [0, 0.05) is 17.8 Å². The molecule has 1 amide bonds. The highest BCUT2D eigenvalue weighted by Crippen LogP contribution is 2.25. The van der Waals surface area contributed by atoms with Crippen LogP contribution in [0.3, 0.4) is 0 Å². The van der Waals surface area contributed by atoms with Crippen molar-refractivity contribution in [1.82, 2.24) is 9.97 Å². The van der Waals surface area contributed by atoms with E-state index in [9.17, 15) is 9.59 Å². The number of nitrogens with two attached hydrogens (primary N) is 1. The summed E-state index contributed by atoms with van der Waals surface area (Å²) in [7, 11) is 0. The second-order valence-corrected chi connectivity index (χ2v) is 6.46. The Hall–Kier alpha value is -2.22. The zero-order valence-corrected chi connectivity index (χ0v) is 13.4. The van der Waals surface area contributed by atoms with E-state index >= 15 is 0 Å². The van der Waals surface area contributed by atoms with Crippen molar-refractivity contribution in [2.24, 2.45) is 5.73 Å². The number of hydrogen-bond acceptors (Lipinski definition) is 6. The summed E-state index contributed by atoms with van der Waals surface area (Å²) >= 11 is 0. The van der Waals surface area contributed by atoms with Crippen molar-refractivity contribution in [2.75, 3.05) is 5.32 Å². The quantitative estimate of drug-likeness (QED) is 0.769. The van der Waals surface area contributed by atoms with E-state index in [2.05, 4.69) is 15.3 Å². The highest BCUT2D eigenvalue weighted by atomic mass is 16.6. The molecule has 0 spiro atoms. The van der Waals surface area contributed by atoms with Crippen molar-refractivity contribution in [1.29, 1.82) is 0 Å². The van der Waals surface area contributed by atoms with Gasteiger partial charge < -0.3 is 15.6 Å². The zero-order chi connectivity index (χ0) is 17.1. The van der Waals surface area contributed by atoms with Gasteiger partial charge in [0.1, 0.15) is 11.6 Å². The molecule has 8 heteroatoms. The van der Waals surface area contributed by atoms with Crippen LogP contribution in [-0.4, -0.2) is 38.8 Å². The molecule has 0 aliphatic carbocycles. The van der Waals surface area contributed by atoms with E-state index in [1.807, 2.05) is 0 Å².